The molecule has 5 rings (SSSR count). The van der Waals surface area contributed by atoms with Gasteiger partial charge in [-0.05, 0) is 99.9 Å². The summed E-state index contributed by atoms with van der Waals surface area (Å²) < 4.78 is 20.1. The van der Waals surface area contributed by atoms with E-state index < -0.39 is 11.7 Å². The van der Waals surface area contributed by atoms with Gasteiger partial charge in [0.15, 0.2) is 4.32 Å². The van der Waals surface area contributed by atoms with Gasteiger partial charge >= 0.3 is 0 Å². The zero-order chi connectivity index (χ0) is 29.1. The fourth-order valence-electron chi connectivity index (χ4n) is 3.88. The Morgan fingerprint density at radius 1 is 1.02 bits per heavy atom. The van der Waals surface area contributed by atoms with Crippen LogP contribution < -0.4 is 15.0 Å². The van der Waals surface area contributed by atoms with Crippen LogP contribution in [0.15, 0.2) is 94.3 Å². The summed E-state index contributed by atoms with van der Waals surface area (Å²) in [7, 11) is 0. The monoisotopic (exact) mass is 686 g/mol. The topological polar surface area (TPSA) is 58.6 Å². The SMILES string of the molecule is O=C(Nc1ccc(F)cc1)c1cccc(N2C(=O)/C(=C\c3ccc(OCc4ccc(Cl)c(Cl)c4)c(Br)c3)SC2=S)c1. The molecular weight excluding hydrogens is 670 g/mol. The number of nitrogens with zero attached hydrogens (tertiary/aromatic N) is 1. The van der Waals surface area contributed by atoms with Gasteiger partial charge in [0.1, 0.15) is 18.2 Å². The molecule has 2 amide bonds. The first kappa shape index (κ1) is 29.3. The second kappa shape index (κ2) is 12.8. The molecule has 4 aromatic carbocycles. The molecule has 0 aliphatic carbocycles. The average molecular weight is 688 g/mol. The standard InChI is InChI=1S/C30H18BrCl2FN2O3S2/c31-23-12-17(5-11-26(23)39-16-18-4-10-24(32)25(33)13-18)14-27-29(38)36(30(40)41-27)22-3-1-2-19(15-22)28(37)35-21-8-6-20(34)7-9-21/h1-15H,16H2,(H,35,37)/b27-14+. The van der Waals surface area contributed by atoms with E-state index in [-0.39, 0.29) is 5.91 Å². The molecule has 1 N–H and O–H groups in total. The molecule has 11 heteroatoms. The van der Waals surface area contributed by atoms with Gasteiger partial charge in [0, 0.05) is 11.3 Å². The number of hydrogen-bond acceptors (Lipinski definition) is 5. The maximum atomic E-state index is 13.3. The molecule has 0 saturated carbocycles. The molecule has 0 unspecified atom stereocenters. The molecule has 1 heterocycles. The highest BCUT2D eigenvalue weighted by atomic mass is 79.9. The Morgan fingerprint density at radius 3 is 2.54 bits per heavy atom. The van der Waals surface area contributed by atoms with Crippen LogP contribution in [0.4, 0.5) is 15.8 Å². The summed E-state index contributed by atoms with van der Waals surface area (Å²) in [4.78, 5) is 27.9. The first-order chi connectivity index (χ1) is 19.7. The summed E-state index contributed by atoms with van der Waals surface area (Å²) >= 11 is 22.3. The molecule has 0 bridgehead atoms. The summed E-state index contributed by atoms with van der Waals surface area (Å²) in [5.74, 6) is -0.474. The van der Waals surface area contributed by atoms with Crippen LogP contribution in [0.5, 0.6) is 5.75 Å². The molecule has 41 heavy (non-hydrogen) atoms. The smallest absolute Gasteiger partial charge is 0.270 e. The lowest BCUT2D eigenvalue weighted by atomic mass is 10.1. The highest BCUT2D eigenvalue weighted by molar-refractivity contribution is 9.10. The van der Waals surface area contributed by atoms with E-state index in [0.717, 1.165) is 11.1 Å². The molecular formula is C30H18BrCl2FN2O3S2. The minimum Gasteiger partial charge on any atom is -0.488 e. The highest BCUT2D eigenvalue weighted by Gasteiger charge is 2.33. The molecule has 0 atom stereocenters. The predicted molar refractivity (Wildman–Crippen MR) is 171 cm³/mol. The molecule has 0 radical (unpaired) electrons. The number of ether oxygens (including phenoxy) is 1. The summed E-state index contributed by atoms with van der Waals surface area (Å²) in [6.07, 6.45) is 1.75. The van der Waals surface area contributed by atoms with Gasteiger partial charge in [-0.15, -0.1) is 0 Å². The Labute approximate surface area is 263 Å². The number of thioether (sulfide) groups is 1. The highest BCUT2D eigenvalue weighted by Crippen LogP contribution is 2.37. The zero-order valence-corrected chi connectivity index (χ0v) is 25.6. The number of anilines is 2. The van der Waals surface area contributed by atoms with Crippen LogP contribution in [0.3, 0.4) is 0 Å². The van der Waals surface area contributed by atoms with Crippen molar-refractivity contribution in [3.05, 3.63) is 127 Å². The van der Waals surface area contributed by atoms with Crippen LogP contribution in [0.1, 0.15) is 21.5 Å². The van der Waals surface area contributed by atoms with Gasteiger partial charge in [0.05, 0.1) is 25.1 Å². The molecule has 1 saturated heterocycles. The first-order valence-corrected chi connectivity index (χ1v) is 14.8. The van der Waals surface area contributed by atoms with E-state index in [9.17, 15) is 14.0 Å². The molecule has 1 aliphatic rings. The largest absolute Gasteiger partial charge is 0.488 e. The number of nitrogens with one attached hydrogen (secondary N) is 1. The maximum absolute atomic E-state index is 13.3. The zero-order valence-electron chi connectivity index (χ0n) is 20.9. The Bertz CT molecular complexity index is 1720. The Hall–Kier alpha value is -3.21. The molecule has 5 nitrogen and oxygen atoms in total. The second-order valence-electron chi connectivity index (χ2n) is 8.76. The Kier molecular flexibility index (Phi) is 9.11. The van der Waals surface area contributed by atoms with Crippen molar-refractivity contribution in [2.45, 2.75) is 6.61 Å². The number of benzene rings is 4. The average Bonchev–Trinajstić information content (AvgIpc) is 3.23. The number of hydrogen-bond donors (Lipinski definition) is 1. The van der Waals surface area contributed by atoms with Crippen molar-refractivity contribution in [2.75, 3.05) is 10.2 Å². The van der Waals surface area contributed by atoms with Crippen LogP contribution in [0, 0.1) is 5.82 Å². The number of halogens is 4. The Morgan fingerprint density at radius 2 is 1.80 bits per heavy atom. The van der Waals surface area contributed by atoms with Gasteiger partial charge < -0.3 is 10.1 Å². The van der Waals surface area contributed by atoms with E-state index in [1.165, 1.54) is 40.9 Å². The third kappa shape index (κ3) is 6.99. The van der Waals surface area contributed by atoms with Crippen molar-refractivity contribution >= 4 is 96.7 Å². The summed E-state index contributed by atoms with van der Waals surface area (Å²) in [6.45, 7) is 0.300. The third-order valence-corrected chi connectivity index (χ3v) is 8.56. The lowest BCUT2D eigenvalue weighted by molar-refractivity contribution is -0.113. The van der Waals surface area contributed by atoms with Crippen LogP contribution in [0.2, 0.25) is 10.0 Å². The molecule has 0 spiro atoms. The van der Waals surface area contributed by atoms with Gasteiger partial charge in [0.2, 0.25) is 0 Å². The van der Waals surface area contributed by atoms with Crippen molar-refractivity contribution in [3.63, 3.8) is 0 Å². The summed E-state index contributed by atoms with van der Waals surface area (Å²) in [5, 5.41) is 3.65. The van der Waals surface area contributed by atoms with E-state index in [1.807, 2.05) is 18.2 Å². The van der Waals surface area contributed by atoms with E-state index in [0.29, 0.717) is 53.0 Å². The molecule has 0 aromatic heterocycles. The second-order valence-corrected chi connectivity index (χ2v) is 12.1. The maximum Gasteiger partial charge on any atom is 0.270 e. The third-order valence-electron chi connectivity index (χ3n) is 5.89. The number of carbonyl (C=O) groups excluding carboxylic acids is 2. The van der Waals surface area contributed by atoms with E-state index in [4.69, 9.17) is 40.2 Å². The van der Waals surface area contributed by atoms with E-state index >= 15 is 0 Å². The van der Waals surface area contributed by atoms with Crippen LogP contribution in [0.25, 0.3) is 6.08 Å². The number of rotatable bonds is 7. The lowest BCUT2D eigenvalue weighted by Gasteiger charge is -2.15. The van der Waals surface area contributed by atoms with Crippen molar-refractivity contribution < 1.29 is 18.7 Å². The van der Waals surface area contributed by atoms with E-state index in [1.54, 1.807) is 48.5 Å². The number of amides is 2. The van der Waals surface area contributed by atoms with Gasteiger partial charge in [-0.25, -0.2) is 4.39 Å². The minimum absolute atomic E-state index is 0.299. The molecule has 1 aliphatic heterocycles. The lowest BCUT2D eigenvalue weighted by Crippen LogP contribution is -2.27. The van der Waals surface area contributed by atoms with Crippen molar-refractivity contribution in [1.82, 2.24) is 0 Å². The van der Waals surface area contributed by atoms with Gasteiger partial charge in [-0.1, -0.05) is 65.4 Å². The van der Waals surface area contributed by atoms with E-state index in [2.05, 4.69) is 21.2 Å². The Balaban J connectivity index is 1.28. The number of thiocarbonyl (C=S) groups is 1. The predicted octanol–water partition coefficient (Wildman–Crippen LogP) is 9.13. The van der Waals surface area contributed by atoms with Gasteiger partial charge in [-0.3, -0.25) is 14.5 Å². The normalized spacial score (nSPS) is 14.0. The fraction of sp³-hybridized carbons (Fsp3) is 0.0333. The van der Waals surface area contributed by atoms with Crippen molar-refractivity contribution in [1.29, 1.82) is 0 Å². The quantitative estimate of drug-likeness (QED) is 0.155. The van der Waals surface area contributed by atoms with Crippen LogP contribution in [-0.4, -0.2) is 16.1 Å². The molecule has 206 valence electrons. The minimum atomic E-state index is -0.399. The van der Waals surface area contributed by atoms with Crippen molar-refractivity contribution in [2.24, 2.45) is 0 Å². The van der Waals surface area contributed by atoms with Gasteiger partial charge in [-0.2, -0.15) is 0 Å². The van der Waals surface area contributed by atoms with Crippen LogP contribution >= 0.6 is 63.1 Å². The summed E-state index contributed by atoms with van der Waals surface area (Å²) in [5.41, 5.74) is 2.88. The van der Waals surface area contributed by atoms with Gasteiger partial charge in [0.25, 0.3) is 11.8 Å². The van der Waals surface area contributed by atoms with Crippen molar-refractivity contribution in [3.8, 4) is 5.75 Å². The first-order valence-electron chi connectivity index (χ1n) is 12.0. The molecule has 4 aromatic rings. The van der Waals surface area contributed by atoms with Crippen LogP contribution in [-0.2, 0) is 11.4 Å². The molecule has 1 fully saturated rings. The number of carbonyl (C=O) groups is 2. The summed E-state index contributed by atoms with van der Waals surface area (Å²) in [6, 6.07) is 22.8. The fourth-order valence-corrected chi connectivity index (χ4v) is 6.01.